The molecule has 1 atom stereocenters. The first-order valence-corrected chi connectivity index (χ1v) is 5.05. The highest BCUT2D eigenvalue weighted by Gasteiger charge is 2.27. The molecule has 2 nitrogen and oxygen atoms in total. The number of carbonyl (C=O) groups excluding carboxylic acids is 1. The SMILES string of the molecule is O=Cc1ccccc1C(O)C1CCC1. The quantitative estimate of drug-likeness (QED) is 0.743. The highest BCUT2D eigenvalue weighted by atomic mass is 16.3. The number of aliphatic hydroxyl groups excluding tert-OH is 1. The van der Waals surface area contributed by atoms with Gasteiger partial charge in [-0.2, -0.15) is 0 Å². The highest BCUT2D eigenvalue weighted by molar-refractivity contribution is 5.77. The predicted molar refractivity (Wildman–Crippen MR) is 54.1 cm³/mol. The molecule has 1 aliphatic carbocycles. The van der Waals surface area contributed by atoms with Crippen molar-refractivity contribution in [2.75, 3.05) is 0 Å². The van der Waals surface area contributed by atoms with Crippen LogP contribution in [0.3, 0.4) is 0 Å². The van der Waals surface area contributed by atoms with E-state index in [0.29, 0.717) is 11.5 Å². The molecular formula is C12H14O2. The fourth-order valence-electron chi connectivity index (χ4n) is 1.90. The molecule has 14 heavy (non-hydrogen) atoms. The molecule has 74 valence electrons. The van der Waals surface area contributed by atoms with Crippen molar-refractivity contribution in [1.29, 1.82) is 0 Å². The number of benzene rings is 1. The zero-order valence-electron chi connectivity index (χ0n) is 8.02. The molecule has 1 N–H and O–H groups in total. The third-order valence-electron chi connectivity index (χ3n) is 3.04. The Bertz CT molecular complexity index is 329. The summed E-state index contributed by atoms with van der Waals surface area (Å²) in [6, 6.07) is 7.28. The van der Waals surface area contributed by atoms with Crippen LogP contribution < -0.4 is 0 Å². The van der Waals surface area contributed by atoms with Gasteiger partial charge in [0.1, 0.15) is 6.29 Å². The minimum absolute atomic E-state index is 0.357. The van der Waals surface area contributed by atoms with Crippen molar-refractivity contribution < 1.29 is 9.90 Å². The smallest absolute Gasteiger partial charge is 0.150 e. The Kier molecular flexibility index (Phi) is 2.64. The second-order valence-electron chi connectivity index (χ2n) is 3.88. The van der Waals surface area contributed by atoms with E-state index in [-0.39, 0.29) is 0 Å². The van der Waals surface area contributed by atoms with E-state index >= 15 is 0 Å². The van der Waals surface area contributed by atoms with Crippen LogP contribution in [0.2, 0.25) is 0 Å². The van der Waals surface area contributed by atoms with Crippen LogP contribution in [0.1, 0.15) is 41.3 Å². The van der Waals surface area contributed by atoms with Crippen LogP contribution in [0.15, 0.2) is 24.3 Å². The van der Waals surface area contributed by atoms with Gasteiger partial charge in [-0.1, -0.05) is 30.7 Å². The summed E-state index contributed by atoms with van der Waals surface area (Å²) in [6.07, 6.45) is 3.72. The Balaban J connectivity index is 2.24. The van der Waals surface area contributed by atoms with Gasteiger partial charge in [0.05, 0.1) is 6.10 Å². The topological polar surface area (TPSA) is 37.3 Å². The Morgan fingerprint density at radius 1 is 1.36 bits per heavy atom. The van der Waals surface area contributed by atoms with Gasteiger partial charge in [-0.25, -0.2) is 0 Å². The van der Waals surface area contributed by atoms with Gasteiger partial charge in [-0.05, 0) is 24.3 Å². The Hall–Kier alpha value is -1.15. The molecule has 1 aliphatic rings. The van der Waals surface area contributed by atoms with Crippen LogP contribution in [0.25, 0.3) is 0 Å². The molecule has 0 aliphatic heterocycles. The molecule has 0 amide bonds. The first kappa shape index (κ1) is 9.41. The summed E-state index contributed by atoms with van der Waals surface area (Å²) in [5, 5.41) is 9.99. The van der Waals surface area contributed by atoms with Crippen molar-refractivity contribution in [3.8, 4) is 0 Å². The predicted octanol–water partition coefficient (Wildman–Crippen LogP) is 2.33. The van der Waals surface area contributed by atoms with E-state index in [0.717, 1.165) is 24.7 Å². The summed E-state index contributed by atoms with van der Waals surface area (Å²) in [5.74, 6) is 0.357. The van der Waals surface area contributed by atoms with E-state index < -0.39 is 6.10 Å². The van der Waals surface area contributed by atoms with Crippen LogP contribution in [0, 0.1) is 5.92 Å². The van der Waals surface area contributed by atoms with E-state index in [1.54, 1.807) is 6.07 Å². The van der Waals surface area contributed by atoms with Gasteiger partial charge >= 0.3 is 0 Å². The van der Waals surface area contributed by atoms with Crippen molar-refractivity contribution in [2.45, 2.75) is 25.4 Å². The van der Waals surface area contributed by atoms with Gasteiger partial charge in [-0.3, -0.25) is 4.79 Å². The lowest BCUT2D eigenvalue weighted by Gasteiger charge is -2.31. The summed E-state index contributed by atoms with van der Waals surface area (Å²) in [5.41, 5.74) is 1.40. The molecule has 0 aromatic heterocycles. The van der Waals surface area contributed by atoms with Crippen LogP contribution in [0.4, 0.5) is 0 Å². The molecule has 2 rings (SSSR count). The van der Waals surface area contributed by atoms with Crippen molar-refractivity contribution in [1.82, 2.24) is 0 Å². The van der Waals surface area contributed by atoms with Crippen LogP contribution in [-0.2, 0) is 0 Å². The van der Waals surface area contributed by atoms with E-state index in [9.17, 15) is 9.90 Å². The van der Waals surface area contributed by atoms with E-state index in [4.69, 9.17) is 0 Å². The Morgan fingerprint density at radius 3 is 2.64 bits per heavy atom. The zero-order valence-corrected chi connectivity index (χ0v) is 8.02. The second-order valence-corrected chi connectivity index (χ2v) is 3.88. The normalized spacial score (nSPS) is 18.6. The number of carbonyl (C=O) groups is 1. The lowest BCUT2D eigenvalue weighted by atomic mass is 9.78. The van der Waals surface area contributed by atoms with E-state index in [1.807, 2.05) is 18.2 Å². The van der Waals surface area contributed by atoms with Gasteiger partial charge in [0, 0.05) is 5.56 Å². The van der Waals surface area contributed by atoms with Gasteiger partial charge in [-0.15, -0.1) is 0 Å². The molecule has 1 aromatic carbocycles. The average molecular weight is 190 g/mol. The summed E-state index contributed by atoms with van der Waals surface area (Å²) in [6.45, 7) is 0. The third kappa shape index (κ3) is 1.58. The van der Waals surface area contributed by atoms with Crippen LogP contribution in [0.5, 0.6) is 0 Å². The van der Waals surface area contributed by atoms with Gasteiger partial charge in [0.15, 0.2) is 0 Å². The maximum Gasteiger partial charge on any atom is 0.150 e. The van der Waals surface area contributed by atoms with Crippen molar-refractivity contribution in [2.24, 2.45) is 5.92 Å². The van der Waals surface area contributed by atoms with Crippen LogP contribution >= 0.6 is 0 Å². The summed E-state index contributed by atoms with van der Waals surface area (Å²) >= 11 is 0. The number of aliphatic hydroxyl groups is 1. The molecule has 0 bridgehead atoms. The molecule has 2 heteroatoms. The van der Waals surface area contributed by atoms with Crippen molar-refractivity contribution in [3.63, 3.8) is 0 Å². The molecule has 0 heterocycles. The Morgan fingerprint density at radius 2 is 2.07 bits per heavy atom. The number of hydrogen-bond donors (Lipinski definition) is 1. The van der Waals surface area contributed by atoms with Gasteiger partial charge in [0.25, 0.3) is 0 Å². The first-order valence-electron chi connectivity index (χ1n) is 5.05. The molecule has 1 saturated carbocycles. The van der Waals surface area contributed by atoms with Gasteiger partial charge < -0.3 is 5.11 Å². The molecule has 0 radical (unpaired) electrons. The third-order valence-corrected chi connectivity index (χ3v) is 3.04. The molecule has 1 unspecified atom stereocenters. The number of aldehydes is 1. The monoisotopic (exact) mass is 190 g/mol. The molecule has 1 fully saturated rings. The maximum absolute atomic E-state index is 10.7. The lowest BCUT2D eigenvalue weighted by Crippen LogP contribution is -2.20. The minimum Gasteiger partial charge on any atom is -0.388 e. The second kappa shape index (κ2) is 3.93. The first-order chi connectivity index (χ1) is 6.83. The van der Waals surface area contributed by atoms with Gasteiger partial charge in [0.2, 0.25) is 0 Å². The summed E-state index contributed by atoms with van der Waals surface area (Å²) < 4.78 is 0. The van der Waals surface area contributed by atoms with E-state index in [1.165, 1.54) is 6.42 Å². The molecule has 0 saturated heterocycles. The largest absolute Gasteiger partial charge is 0.388 e. The average Bonchev–Trinajstić information content (AvgIpc) is 2.15. The maximum atomic E-state index is 10.7. The highest BCUT2D eigenvalue weighted by Crippen LogP contribution is 2.38. The molecule has 1 aromatic rings. The van der Waals surface area contributed by atoms with Crippen molar-refractivity contribution >= 4 is 6.29 Å². The van der Waals surface area contributed by atoms with Crippen molar-refractivity contribution in [3.05, 3.63) is 35.4 Å². The number of rotatable bonds is 3. The lowest BCUT2D eigenvalue weighted by molar-refractivity contribution is 0.0612. The Labute approximate surface area is 83.6 Å². The molecule has 0 spiro atoms. The molecular weight excluding hydrogens is 176 g/mol. The summed E-state index contributed by atoms with van der Waals surface area (Å²) in [4.78, 5) is 10.7. The fourth-order valence-corrected chi connectivity index (χ4v) is 1.90. The standard InChI is InChI=1S/C12H14O2/c13-8-10-4-1-2-7-11(10)12(14)9-5-3-6-9/h1-2,4,7-9,12,14H,3,5-6H2. The summed E-state index contributed by atoms with van der Waals surface area (Å²) in [7, 11) is 0. The van der Waals surface area contributed by atoms with Crippen LogP contribution in [-0.4, -0.2) is 11.4 Å². The van der Waals surface area contributed by atoms with E-state index in [2.05, 4.69) is 0 Å². The zero-order chi connectivity index (χ0) is 9.97. The number of hydrogen-bond acceptors (Lipinski definition) is 2. The fraction of sp³-hybridized carbons (Fsp3) is 0.417. The minimum atomic E-state index is -0.454.